The van der Waals surface area contributed by atoms with E-state index in [2.05, 4.69) is 28.9 Å². The molecule has 0 atom stereocenters. The highest BCUT2D eigenvalue weighted by molar-refractivity contribution is 6.07. The molecular formula is C23H28N2O2. The maximum atomic E-state index is 12.0. The zero-order chi connectivity index (χ0) is 19.1. The minimum absolute atomic E-state index is 0.128. The fraction of sp³-hybridized carbons (Fsp3) is 0.348. The number of benzene rings is 2. The average Bonchev–Trinajstić information content (AvgIpc) is 3.07. The van der Waals surface area contributed by atoms with E-state index in [0.717, 1.165) is 49.2 Å². The van der Waals surface area contributed by atoms with E-state index in [1.807, 2.05) is 42.6 Å². The molecule has 3 rings (SSSR count). The van der Waals surface area contributed by atoms with E-state index in [1.165, 1.54) is 11.1 Å². The quantitative estimate of drug-likeness (QED) is 0.426. The molecule has 0 radical (unpaired) electrons. The van der Waals surface area contributed by atoms with Gasteiger partial charge in [-0.2, -0.15) is 0 Å². The van der Waals surface area contributed by atoms with Crippen molar-refractivity contribution in [2.45, 2.75) is 33.2 Å². The summed E-state index contributed by atoms with van der Waals surface area (Å²) in [4.78, 5) is 12.0. The Bertz CT molecular complexity index is 884. The molecule has 0 bridgehead atoms. The van der Waals surface area contributed by atoms with Crippen molar-refractivity contribution in [3.8, 4) is 5.75 Å². The summed E-state index contributed by atoms with van der Waals surface area (Å²) < 4.78 is 7.93. The van der Waals surface area contributed by atoms with Crippen molar-refractivity contribution in [2.75, 3.05) is 19.7 Å². The van der Waals surface area contributed by atoms with Crippen LogP contribution in [0.5, 0.6) is 5.75 Å². The number of carbonyl (C=O) groups excluding carboxylic acids is 1. The van der Waals surface area contributed by atoms with Gasteiger partial charge in [0.2, 0.25) is 0 Å². The second-order valence-electron chi connectivity index (χ2n) is 6.72. The van der Waals surface area contributed by atoms with Gasteiger partial charge in [-0.3, -0.25) is 4.79 Å². The Balaban J connectivity index is 1.52. The third-order valence-electron chi connectivity index (χ3n) is 4.79. The first kappa shape index (κ1) is 19.2. The minimum atomic E-state index is 0.128. The second-order valence-corrected chi connectivity index (χ2v) is 6.72. The largest absolute Gasteiger partial charge is 0.492 e. The van der Waals surface area contributed by atoms with E-state index in [1.54, 1.807) is 6.92 Å². The summed E-state index contributed by atoms with van der Waals surface area (Å²) in [5, 5.41) is 4.50. The summed E-state index contributed by atoms with van der Waals surface area (Å²) in [7, 11) is 0. The topological polar surface area (TPSA) is 43.3 Å². The number of Topliss-reactive ketones (excluding diaryl/α,β-unsaturated/α-hetero) is 1. The lowest BCUT2D eigenvalue weighted by molar-refractivity contribution is 0.101. The zero-order valence-corrected chi connectivity index (χ0v) is 16.2. The van der Waals surface area contributed by atoms with Crippen LogP contribution in [0.2, 0.25) is 0 Å². The van der Waals surface area contributed by atoms with Gasteiger partial charge in [0.1, 0.15) is 12.4 Å². The van der Waals surface area contributed by atoms with Crippen LogP contribution >= 0.6 is 0 Å². The standard InChI is InChI=1S/C23H28N2O2/c1-3-19-9-7-12-21-22(18(2)26)17-25(23(19)21)15-8-13-24-14-16-27-20-10-5-4-6-11-20/h4-7,9-12,17,24H,3,8,13-16H2,1-2H3. The summed E-state index contributed by atoms with van der Waals surface area (Å²) in [5.74, 6) is 1.03. The molecule has 0 fully saturated rings. The molecule has 0 unspecified atom stereocenters. The number of nitrogens with zero attached hydrogens (tertiary/aromatic N) is 1. The molecule has 0 spiro atoms. The van der Waals surface area contributed by atoms with Crippen molar-refractivity contribution in [2.24, 2.45) is 0 Å². The molecule has 0 aliphatic carbocycles. The SMILES string of the molecule is CCc1cccc2c(C(C)=O)cn(CCCNCCOc3ccccc3)c12. The molecule has 0 aliphatic heterocycles. The normalized spacial score (nSPS) is 11.0. The van der Waals surface area contributed by atoms with Crippen LogP contribution in [0.1, 0.15) is 36.2 Å². The summed E-state index contributed by atoms with van der Waals surface area (Å²) in [6.07, 6.45) is 3.99. The number of para-hydroxylation sites is 2. The first-order valence-electron chi connectivity index (χ1n) is 9.71. The number of rotatable bonds is 10. The molecule has 0 saturated heterocycles. The Hall–Kier alpha value is -2.59. The summed E-state index contributed by atoms with van der Waals surface area (Å²) in [6, 6.07) is 16.1. The van der Waals surface area contributed by atoms with E-state index in [0.29, 0.717) is 6.61 Å². The lowest BCUT2D eigenvalue weighted by atomic mass is 10.1. The maximum Gasteiger partial charge on any atom is 0.161 e. The smallest absolute Gasteiger partial charge is 0.161 e. The third-order valence-corrected chi connectivity index (χ3v) is 4.79. The van der Waals surface area contributed by atoms with E-state index >= 15 is 0 Å². The maximum absolute atomic E-state index is 12.0. The average molecular weight is 364 g/mol. The summed E-state index contributed by atoms with van der Waals surface area (Å²) in [5.41, 5.74) is 3.33. The fourth-order valence-corrected chi connectivity index (χ4v) is 3.44. The number of carbonyl (C=O) groups is 1. The molecule has 3 aromatic rings. The molecule has 0 aliphatic rings. The van der Waals surface area contributed by atoms with Gasteiger partial charge in [0.25, 0.3) is 0 Å². The van der Waals surface area contributed by atoms with Gasteiger partial charge in [0, 0.05) is 30.2 Å². The van der Waals surface area contributed by atoms with Gasteiger partial charge in [-0.25, -0.2) is 0 Å². The number of hydrogen-bond acceptors (Lipinski definition) is 3. The predicted octanol–water partition coefficient (Wildman–Crippen LogP) is 4.47. The number of fused-ring (bicyclic) bond motifs is 1. The van der Waals surface area contributed by atoms with Crippen molar-refractivity contribution in [3.63, 3.8) is 0 Å². The van der Waals surface area contributed by atoms with Crippen LogP contribution in [0.4, 0.5) is 0 Å². The number of nitrogens with one attached hydrogen (secondary N) is 1. The van der Waals surface area contributed by atoms with Crippen molar-refractivity contribution >= 4 is 16.7 Å². The minimum Gasteiger partial charge on any atom is -0.492 e. The predicted molar refractivity (Wildman–Crippen MR) is 111 cm³/mol. The van der Waals surface area contributed by atoms with E-state index < -0.39 is 0 Å². The number of aromatic nitrogens is 1. The summed E-state index contributed by atoms with van der Waals surface area (Å²) >= 11 is 0. The molecule has 2 aromatic carbocycles. The lowest BCUT2D eigenvalue weighted by Crippen LogP contribution is -2.23. The highest BCUT2D eigenvalue weighted by atomic mass is 16.5. The van der Waals surface area contributed by atoms with Gasteiger partial charge in [-0.15, -0.1) is 0 Å². The van der Waals surface area contributed by atoms with Gasteiger partial charge in [-0.1, -0.05) is 43.3 Å². The molecule has 0 amide bonds. The van der Waals surface area contributed by atoms with Crippen molar-refractivity contribution < 1.29 is 9.53 Å². The highest BCUT2D eigenvalue weighted by Gasteiger charge is 2.13. The molecule has 1 heterocycles. The van der Waals surface area contributed by atoms with Gasteiger partial charge in [0.15, 0.2) is 5.78 Å². The van der Waals surface area contributed by atoms with Crippen molar-refractivity contribution in [1.29, 1.82) is 0 Å². The first-order chi connectivity index (χ1) is 13.2. The molecule has 142 valence electrons. The van der Waals surface area contributed by atoms with Crippen molar-refractivity contribution in [1.82, 2.24) is 9.88 Å². The highest BCUT2D eigenvalue weighted by Crippen LogP contribution is 2.26. The van der Waals surface area contributed by atoms with Gasteiger partial charge < -0.3 is 14.6 Å². The number of hydrogen-bond donors (Lipinski definition) is 1. The van der Waals surface area contributed by atoms with Crippen LogP contribution < -0.4 is 10.1 Å². The summed E-state index contributed by atoms with van der Waals surface area (Å²) in [6.45, 7) is 7.10. The van der Waals surface area contributed by atoms with E-state index in [4.69, 9.17) is 4.74 Å². The molecule has 4 heteroatoms. The Kier molecular flexibility index (Phi) is 6.66. The molecule has 4 nitrogen and oxygen atoms in total. The van der Waals surface area contributed by atoms with E-state index in [-0.39, 0.29) is 5.78 Å². The van der Waals surface area contributed by atoms with Gasteiger partial charge in [0.05, 0.1) is 5.52 Å². The Morgan fingerprint density at radius 3 is 2.63 bits per heavy atom. The van der Waals surface area contributed by atoms with Gasteiger partial charge >= 0.3 is 0 Å². The zero-order valence-electron chi connectivity index (χ0n) is 16.2. The number of ketones is 1. The molecule has 1 aromatic heterocycles. The van der Waals surface area contributed by atoms with Crippen LogP contribution in [-0.2, 0) is 13.0 Å². The van der Waals surface area contributed by atoms with Crippen molar-refractivity contribution in [3.05, 3.63) is 65.9 Å². The van der Waals surface area contributed by atoms with Gasteiger partial charge in [-0.05, 0) is 44.0 Å². The Morgan fingerprint density at radius 1 is 1.07 bits per heavy atom. The lowest BCUT2D eigenvalue weighted by Gasteiger charge is -2.10. The second kappa shape index (κ2) is 9.38. The van der Waals surface area contributed by atoms with Crippen LogP contribution in [0.25, 0.3) is 10.9 Å². The molecular weight excluding hydrogens is 336 g/mol. The van der Waals surface area contributed by atoms with Crippen LogP contribution in [0.3, 0.4) is 0 Å². The molecule has 27 heavy (non-hydrogen) atoms. The van der Waals surface area contributed by atoms with Crippen LogP contribution in [0, 0.1) is 0 Å². The number of aryl methyl sites for hydroxylation is 2. The molecule has 1 N–H and O–H groups in total. The van der Waals surface area contributed by atoms with Crippen LogP contribution in [-0.4, -0.2) is 30.0 Å². The first-order valence-corrected chi connectivity index (χ1v) is 9.71. The monoisotopic (exact) mass is 364 g/mol. The van der Waals surface area contributed by atoms with E-state index in [9.17, 15) is 4.79 Å². The Labute approximate surface area is 161 Å². The molecule has 0 saturated carbocycles. The van der Waals surface area contributed by atoms with Crippen LogP contribution in [0.15, 0.2) is 54.7 Å². The Morgan fingerprint density at radius 2 is 1.89 bits per heavy atom. The number of ether oxygens (including phenoxy) is 1. The third kappa shape index (κ3) is 4.77. The fourth-order valence-electron chi connectivity index (χ4n) is 3.44.